The van der Waals surface area contributed by atoms with Crippen LogP contribution in [-0.4, -0.2) is 26.8 Å². The van der Waals surface area contributed by atoms with Crippen molar-refractivity contribution in [3.63, 3.8) is 0 Å². The van der Waals surface area contributed by atoms with Crippen LogP contribution in [0.5, 0.6) is 0 Å². The third kappa shape index (κ3) is 2.90. The fourth-order valence-electron chi connectivity index (χ4n) is 1.20. The number of aliphatic hydroxyl groups is 1. The standard InChI is InChI=1S/C11H11BrO4/c1-6(12)9(13)7-2-4-8(5-3-7)10(14)11(15)16/h2-6,10,14H,1H3,(H,15,16). The van der Waals surface area contributed by atoms with Gasteiger partial charge in [-0.25, -0.2) is 4.79 Å². The van der Waals surface area contributed by atoms with Crippen LogP contribution in [0.4, 0.5) is 0 Å². The summed E-state index contributed by atoms with van der Waals surface area (Å²) in [6.07, 6.45) is -1.55. The number of hydrogen-bond acceptors (Lipinski definition) is 3. The highest BCUT2D eigenvalue weighted by molar-refractivity contribution is 9.10. The summed E-state index contributed by atoms with van der Waals surface area (Å²) in [7, 11) is 0. The molecule has 0 amide bonds. The van der Waals surface area contributed by atoms with Crippen molar-refractivity contribution in [2.24, 2.45) is 0 Å². The SMILES string of the molecule is CC(Br)C(=O)c1ccc(C(O)C(=O)O)cc1. The molecule has 0 aromatic heterocycles. The van der Waals surface area contributed by atoms with Crippen molar-refractivity contribution in [1.29, 1.82) is 0 Å². The lowest BCUT2D eigenvalue weighted by molar-refractivity contribution is -0.146. The molecule has 0 saturated heterocycles. The zero-order chi connectivity index (χ0) is 12.3. The summed E-state index contributed by atoms with van der Waals surface area (Å²) >= 11 is 3.15. The van der Waals surface area contributed by atoms with Gasteiger partial charge in [0.2, 0.25) is 0 Å². The van der Waals surface area contributed by atoms with E-state index in [1.54, 1.807) is 6.92 Å². The van der Waals surface area contributed by atoms with Crippen molar-refractivity contribution in [2.45, 2.75) is 17.9 Å². The van der Waals surface area contributed by atoms with Crippen LogP contribution in [0.1, 0.15) is 28.9 Å². The minimum atomic E-state index is -1.55. The predicted octanol–water partition coefficient (Wildman–Crippen LogP) is 1.77. The van der Waals surface area contributed by atoms with E-state index < -0.39 is 12.1 Å². The van der Waals surface area contributed by atoms with Gasteiger partial charge in [-0.05, 0) is 12.5 Å². The zero-order valence-electron chi connectivity index (χ0n) is 8.55. The number of aliphatic hydroxyl groups excluding tert-OH is 1. The molecule has 16 heavy (non-hydrogen) atoms. The monoisotopic (exact) mass is 286 g/mol. The maximum atomic E-state index is 11.5. The van der Waals surface area contributed by atoms with E-state index in [-0.39, 0.29) is 16.2 Å². The van der Waals surface area contributed by atoms with Crippen molar-refractivity contribution >= 4 is 27.7 Å². The first kappa shape index (κ1) is 12.9. The lowest BCUT2D eigenvalue weighted by Gasteiger charge is -2.07. The van der Waals surface area contributed by atoms with Gasteiger partial charge in [-0.1, -0.05) is 40.2 Å². The molecule has 1 rings (SSSR count). The highest BCUT2D eigenvalue weighted by Crippen LogP contribution is 2.16. The molecule has 0 fully saturated rings. The van der Waals surface area contributed by atoms with Gasteiger partial charge >= 0.3 is 5.97 Å². The minimum Gasteiger partial charge on any atom is -0.479 e. The molecule has 0 saturated carbocycles. The van der Waals surface area contributed by atoms with Crippen molar-refractivity contribution < 1.29 is 19.8 Å². The largest absolute Gasteiger partial charge is 0.479 e. The molecular weight excluding hydrogens is 276 g/mol. The Balaban J connectivity index is 2.91. The lowest BCUT2D eigenvalue weighted by atomic mass is 10.0. The van der Waals surface area contributed by atoms with E-state index in [1.165, 1.54) is 24.3 Å². The molecule has 0 radical (unpaired) electrons. The number of benzene rings is 1. The van der Waals surface area contributed by atoms with Gasteiger partial charge in [0.1, 0.15) is 0 Å². The number of carbonyl (C=O) groups is 2. The molecule has 1 aromatic carbocycles. The Hall–Kier alpha value is -1.20. The second-order valence-corrected chi connectivity index (χ2v) is 4.72. The molecule has 1 aromatic rings. The first-order chi connectivity index (χ1) is 7.43. The topological polar surface area (TPSA) is 74.6 Å². The highest BCUT2D eigenvalue weighted by Gasteiger charge is 2.17. The van der Waals surface area contributed by atoms with Crippen LogP contribution >= 0.6 is 15.9 Å². The molecule has 0 bridgehead atoms. The fraction of sp³-hybridized carbons (Fsp3) is 0.273. The molecule has 0 aliphatic heterocycles. The van der Waals surface area contributed by atoms with Crippen molar-refractivity contribution in [1.82, 2.24) is 0 Å². The molecule has 0 heterocycles. The van der Waals surface area contributed by atoms with Crippen molar-refractivity contribution in [3.05, 3.63) is 35.4 Å². The number of Topliss-reactive ketones (excluding diaryl/α,β-unsaturated/α-hetero) is 1. The number of halogens is 1. The summed E-state index contributed by atoms with van der Waals surface area (Å²) in [5, 5.41) is 17.8. The van der Waals surface area contributed by atoms with E-state index in [4.69, 9.17) is 5.11 Å². The zero-order valence-corrected chi connectivity index (χ0v) is 10.1. The number of carboxylic acid groups (broad SMARTS) is 1. The van der Waals surface area contributed by atoms with E-state index in [0.717, 1.165) is 0 Å². The number of alkyl halides is 1. The van der Waals surface area contributed by atoms with Gasteiger partial charge in [0.25, 0.3) is 0 Å². The van der Waals surface area contributed by atoms with Gasteiger partial charge in [0, 0.05) is 5.56 Å². The third-order valence-corrected chi connectivity index (χ3v) is 2.52. The number of carboxylic acids is 1. The Morgan fingerprint density at radius 2 is 1.75 bits per heavy atom. The van der Waals surface area contributed by atoms with Crippen LogP contribution < -0.4 is 0 Å². The first-order valence-corrected chi connectivity index (χ1v) is 5.54. The summed E-state index contributed by atoms with van der Waals surface area (Å²) in [5.41, 5.74) is 0.733. The Kier molecular flexibility index (Phi) is 4.20. The quantitative estimate of drug-likeness (QED) is 0.653. The molecule has 2 N–H and O–H groups in total. The Morgan fingerprint density at radius 1 is 1.25 bits per heavy atom. The lowest BCUT2D eigenvalue weighted by Crippen LogP contribution is -2.12. The predicted molar refractivity (Wildman–Crippen MR) is 61.8 cm³/mol. The summed E-state index contributed by atoms with van der Waals surface area (Å²) in [6.45, 7) is 1.71. The van der Waals surface area contributed by atoms with Gasteiger partial charge in [0.05, 0.1) is 4.83 Å². The number of rotatable bonds is 4. The van der Waals surface area contributed by atoms with E-state index in [9.17, 15) is 14.7 Å². The number of hydrogen-bond donors (Lipinski definition) is 2. The van der Waals surface area contributed by atoms with Gasteiger partial charge in [0.15, 0.2) is 11.9 Å². The van der Waals surface area contributed by atoms with E-state index in [2.05, 4.69) is 15.9 Å². The maximum absolute atomic E-state index is 11.5. The summed E-state index contributed by atoms with van der Waals surface area (Å²) in [4.78, 5) is 21.7. The Labute approximate surface area is 101 Å². The average Bonchev–Trinajstić information content (AvgIpc) is 2.27. The van der Waals surface area contributed by atoms with Gasteiger partial charge in [-0.15, -0.1) is 0 Å². The van der Waals surface area contributed by atoms with Crippen LogP contribution in [0.3, 0.4) is 0 Å². The number of aliphatic carboxylic acids is 1. The van der Waals surface area contributed by atoms with Crippen LogP contribution in [0.25, 0.3) is 0 Å². The van der Waals surface area contributed by atoms with Crippen molar-refractivity contribution in [3.8, 4) is 0 Å². The molecular formula is C11H11BrO4. The van der Waals surface area contributed by atoms with Crippen molar-refractivity contribution in [2.75, 3.05) is 0 Å². The van der Waals surface area contributed by atoms with E-state index in [1.807, 2.05) is 0 Å². The number of ketones is 1. The molecule has 86 valence electrons. The van der Waals surface area contributed by atoms with Gasteiger partial charge in [-0.2, -0.15) is 0 Å². The third-order valence-electron chi connectivity index (χ3n) is 2.11. The molecule has 0 spiro atoms. The van der Waals surface area contributed by atoms with Gasteiger partial charge < -0.3 is 10.2 Å². The molecule has 0 aliphatic rings. The molecule has 2 unspecified atom stereocenters. The van der Waals surface area contributed by atoms with E-state index >= 15 is 0 Å². The summed E-state index contributed by atoms with van der Waals surface area (Å²) < 4.78 is 0. The van der Waals surface area contributed by atoms with E-state index in [0.29, 0.717) is 5.56 Å². The van der Waals surface area contributed by atoms with Crippen LogP contribution in [-0.2, 0) is 4.79 Å². The average molecular weight is 287 g/mol. The molecule has 2 atom stereocenters. The summed E-state index contributed by atoms with van der Waals surface area (Å²) in [6, 6.07) is 5.87. The van der Waals surface area contributed by atoms with Crippen LogP contribution in [0, 0.1) is 0 Å². The molecule has 4 nitrogen and oxygen atoms in total. The van der Waals surface area contributed by atoms with Gasteiger partial charge in [-0.3, -0.25) is 4.79 Å². The smallest absolute Gasteiger partial charge is 0.337 e. The second-order valence-electron chi connectivity index (χ2n) is 3.34. The number of carbonyl (C=O) groups excluding carboxylic acids is 1. The molecule has 5 heteroatoms. The normalized spacial score (nSPS) is 14.2. The Bertz CT molecular complexity index is 397. The maximum Gasteiger partial charge on any atom is 0.337 e. The fourth-order valence-corrected chi connectivity index (χ4v) is 1.47. The minimum absolute atomic E-state index is 0.0867. The summed E-state index contributed by atoms with van der Waals surface area (Å²) in [5.74, 6) is -1.40. The second kappa shape index (κ2) is 5.23. The highest BCUT2D eigenvalue weighted by atomic mass is 79.9. The first-order valence-electron chi connectivity index (χ1n) is 4.62. The molecule has 0 aliphatic carbocycles. The van der Waals surface area contributed by atoms with Crippen LogP contribution in [0.2, 0.25) is 0 Å². The Morgan fingerprint density at radius 3 is 2.12 bits per heavy atom. The van der Waals surface area contributed by atoms with Crippen LogP contribution in [0.15, 0.2) is 24.3 Å².